The van der Waals surface area contributed by atoms with Gasteiger partial charge in [0.05, 0.1) is 5.69 Å². The Morgan fingerprint density at radius 3 is 2.32 bits per heavy atom. The average Bonchev–Trinajstić information content (AvgIpc) is 2.74. The maximum Gasteiger partial charge on any atom is 0.0630 e. The third kappa shape index (κ3) is 5.35. The van der Waals surface area contributed by atoms with Crippen molar-refractivity contribution in [3.8, 4) is 0 Å². The first-order valence-corrected chi connectivity index (χ1v) is 7.44. The van der Waals surface area contributed by atoms with Crippen molar-refractivity contribution in [3.63, 3.8) is 0 Å². The zero-order chi connectivity index (χ0) is 14.7. The monoisotopic (exact) mass is 265 g/mol. The number of hydrogen-bond donors (Lipinski definition) is 1. The van der Waals surface area contributed by atoms with Crippen LogP contribution in [0.25, 0.3) is 0 Å². The van der Waals surface area contributed by atoms with Crippen molar-refractivity contribution in [1.29, 1.82) is 0 Å². The lowest BCUT2D eigenvalue weighted by Gasteiger charge is -2.32. The van der Waals surface area contributed by atoms with Gasteiger partial charge in [0.25, 0.3) is 0 Å². The normalized spacial score (nSPS) is 15.8. The molecule has 0 aromatic carbocycles. The SMILES string of the molecule is CCC(C)(CNC(C)(C)C)Cc1ccn(C(C)C)n1. The molecular weight excluding hydrogens is 234 g/mol. The summed E-state index contributed by atoms with van der Waals surface area (Å²) in [5.74, 6) is 0. The number of hydrogen-bond acceptors (Lipinski definition) is 2. The molecule has 0 bridgehead atoms. The number of nitrogens with zero attached hydrogens (tertiary/aromatic N) is 2. The van der Waals surface area contributed by atoms with E-state index < -0.39 is 0 Å². The van der Waals surface area contributed by atoms with Crippen LogP contribution in [0.2, 0.25) is 0 Å². The van der Waals surface area contributed by atoms with Crippen LogP contribution in [-0.4, -0.2) is 21.9 Å². The van der Waals surface area contributed by atoms with E-state index in [2.05, 4.69) is 71.1 Å². The highest BCUT2D eigenvalue weighted by Gasteiger charge is 2.25. The molecule has 1 unspecified atom stereocenters. The predicted octanol–water partition coefficient (Wildman–Crippen LogP) is 3.81. The molecule has 0 aliphatic heterocycles. The number of nitrogens with one attached hydrogen (secondary N) is 1. The molecule has 1 heterocycles. The van der Waals surface area contributed by atoms with Crippen molar-refractivity contribution in [1.82, 2.24) is 15.1 Å². The molecule has 0 aliphatic rings. The molecule has 3 nitrogen and oxygen atoms in total. The second-order valence-corrected chi connectivity index (χ2v) is 7.33. The van der Waals surface area contributed by atoms with Crippen LogP contribution in [0, 0.1) is 5.41 Å². The molecule has 1 atom stereocenters. The molecule has 0 spiro atoms. The molecule has 0 saturated carbocycles. The molecule has 0 saturated heterocycles. The Hall–Kier alpha value is -0.830. The van der Waals surface area contributed by atoms with Gasteiger partial charge in [-0.1, -0.05) is 13.8 Å². The van der Waals surface area contributed by atoms with Gasteiger partial charge in [0.15, 0.2) is 0 Å². The van der Waals surface area contributed by atoms with E-state index >= 15 is 0 Å². The van der Waals surface area contributed by atoms with E-state index in [1.807, 2.05) is 4.68 Å². The minimum Gasteiger partial charge on any atom is -0.312 e. The lowest BCUT2D eigenvalue weighted by atomic mass is 9.82. The maximum atomic E-state index is 4.68. The van der Waals surface area contributed by atoms with Crippen LogP contribution in [0.15, 0.2) is 12.3 Å². The molecule has 1 aromatic rings. The zero-order valence-electron chi connectivity index (χ0n) is 13.7. The quantitative estimate of drug-likeness (QED) is 0.847. The highest BCUT2D eigenvalue weighted by molar-refractivity contribution is 5.03. The topological polar surface area (TPSA) is 29.9 Å². The van der Waals surface area contributed by atoms with Crippen molar-refractivity contribution >= 4 is 0 Å². The summed E-state index contributed by atoms with van der Waals surface area (Å²) in [5, 5.41) is 8.30. The second-order valence-electron chi connectivity index (χ2n) is 7.33. The number of aromatic nitrogens is 2. The highest BCUT2D eigenvalue weighted by Crippen LogP contribution is 2.26. The fourth-order valence-electron chi connectivity index (χ4n) is 1.99. The maximum absolute atomic E-state index is 4.68. The van der Waals surface area contributed by atoms with Crippen LogP contribution in [0.3, 0.4) is 0 Å². The summed E-state index contributed by atoms with van der Waals surface area (Å²) in [4.78, 5) is 0. The third-order valence-electron chi connectivity index (χ3n) is 3.70. The molecule has 0 radical (unpaired) electrons. The molecule has 0 aliphatic carbocycles. The minimum atomic E-state index is 0.174. The lowest BCUT2D eigenvalue weighted by Crippen LogP contribution is -2.43. The van der Waals surface area contributed by atoms with Crippen molar-refractivity contribution in [2.45, 2.75) is 72.9 Å². The Balaban J connectivity index is 2.68. The second kappa shape index (κ2) is 6.08. The minimum absolute atomic E-state index is 0.174. The van der Waals surface area contributed by atoms with E-state index in [9.17, 15) is 0 Å². The van der Waals surface area contributed by atoms with Gasteiger partial charge in [-0.05, 0) is 58.9 Å². The summed E-state index contributed by atoms with van der Waals surface area (Å²) in [6.07, 6.45) is 4.28. The van der Waals surface area contributed by atoms with Crippen LogP contribution in [0.1, 0.15) is 66.6 Å². The van der Waals surface area contributed by atoms with Gasteiger partial charge in [-0.25, -0.2) is 0 Å². The van der Waals surface area contributed by atoms with Gasteiger partial charge in [0.1, 0.15) is 0 Å². The molecular formula is C16H31N3. The molecule has 1 aromatic heterocycles. The fourth-order valence-corrected chi connectivity index (χ4v) is 1.99. The Kier molecular flexibility index (Phi) is 5.19. The molecule has 0 amide bonds. The van der Waals surface area contributed by atoms with Gasteiger partial charge in [-0.2, -0.15) is 5.10 Å². The van der Waals surface area contributed by atoms with Crippen LogP contribution in [0.5, 0.6) is 0 Å². The van der Waals surface area contributed by atoms with E-state index in [1.165, 1.54) is 5.69 Å². The van der Waals surface area contributed by atoms with Crippen LogP contribution in [0.4, 0.5) is 0 Å². The Bertz CT molecular complexity index is 387. The molecule has 0 fully saturated rings. The molecule has 110 valence electrons. The van der Waals surface area contributed by atoms with Gasteiger partial charge >= 0.3 is 0 Å². The first-order valence-electron chi connectivity index (χ1n) is 7.44. The first kappa shape index (κ1) is 16.2. The highest BCUT2D eigenvalue weighted by atomic mass is 15.3. The van der Waals surface area contributed by atoms with Crippen LogP contribution >= 0.6 is 0 Å². The summed E-state index contributed by atoms with van der Waals surface area (Å²) in [7, 11) is 0. The summed E-state index contributed by atoms with van der Waals surface area (Å²) < 4.78 is 2.04. The first-order chi connectivity index (χ1) is 8.65. The fraction of sp³-hybridized carbons (Fsp3) is 0.812. The van der Waals surface area contributed by atoms with Crippen molar-refractivity contribution < 1.29 is 0 Å². The zero-order valence-corrected chi connectivity index (χ0v) is 13.7. The summed E-state index contributed by atoms with van der Waals surface area (Å²) in [6, 6.07) is 2.60. The smallest absolute Gasteiger partial charge is 0.0630 e. The molecule has 3 heteroatoms. The summed E-state index contributed by atoms with van der Waals surface area (Å²) >= 11 is 0. The van der Waals surface area contributed by atoms with Crippen LogP contribution in [-0.2, 0) is 6.42 Å². The van der Waals surface area contributed by atoms with E-state index in [0.717, 1.165) is 19.4 Å². The predicted molar refractivity (Wildman–Crippen MR) is 82.5 cm³/mol. The molecule has 19 heavy (non-hydrogen) atoms. The number of rotatable bonds is 6. The Morgan fingerprint density at radius 1 is 1.26 bits per heavy atom. The van der Waals surface area contributed by atoms with E-state index in [-0.39, 0.29) is 11.0 Å². The molecule has 1 rings (SSSR count). The van der Waals surface area contributed by atoms with Crippen molar-refractivity contribution in [2.24, 2.45) is 5.41 Å². The molecule has 1 N–H and O–H groups in total. The van der Waals surface area contributed by atoms with E-state index in [1.54, 1.807) is 0 Å². The standard InChI is InChI=1S/C16H31N3/c1-8-16(7,12-17-15(4,5)6)11-14-9-10-19(18-14)13(2)3/h9-10,13,17H,8,11-12H2,1-7H3. The average molecular weight is 265 g/mol. The summed E-state index contributed by atoms with van der Waals surface area (Å²) in [6.45, 7) is 16.6. The van der Waals surface area contributed by atoms with Crippen LogP contribution < -0.4 is 5.32 Å². The van der Waals surface area contributed by atoms with Gasteiger partial charge in [0, 0.05) is 24.3 Å². The van der Waals surface area contributed by atoms with Gasteiger partial charge in [0.2, 0.25) is 0 Å². The van der Waals surface area contributed by atoms with Gasteiger partial charge in [-0.15, -0.1) is 0 Å². The lowest BCUT2D eigenvalue weighted by molar-refractivity contribution is 0.252. The van der Waals surface area contributed by atoms with E-state index in [4.69, 9.17) is 0 Å². The van der Waals surface area contributed by atoms with Crippen molar-refractivity contribution in [2.75, 3.05) is 6.54 Å². The Morgan fingerprint density at radius 2 is 1.89 bits per heavy atom. The van der Waals surface area contributed by atoms with Gasteiger partial charge in [-0.3, -0.25) is 4.68 Å². The largest absolute Gasteiger partial charge is 0.312 e. The van der Waals surface area contributed by atoms with Crippen molar-refractivity contribution in [3.05, 3.63) is 18.0 Å². The third-order valence-corrected chi connectivity index (χ3v) is 3.70. The summed E-state index contributed by atoms with van der Waals surface area (Å²) in [5.41, 5.74) is 1.64. The van der Waals surface area contributed by atoms with E-state index in [0.29, 0.717) is 6.04 Å². The van der Waals surface area contributed by atoms with Gasteiger partial charge < -0.3 is 5.32 Å². The Labute approximate surface area is 118 Å².